The molecule has 1 aromatic carbocycles. The monoisotopic (exact) mass is 761 g/mol. The quantitative estimate of drug-likeness (QED) is 0.0820. The Morgan fingerprint density at radius 2 is 1.73 bits per heavy atom. The number of carbonyl (C=O) groups excluding carboxylic acids is 6. The van der Waals surface area contributed by atoms with Crippen molar-refractivity contribution in [2.75, 3.05) is 17.2 Å². The molecule has 2 aliphatic heterocycles. The van der Waals surface area contributed by atoms with Gasteiger partial charge in [-0.25, -0.2) is 14.5 Å². The van der Waals surface area contributed by atoms with E-state index in [0.29, 0.717) is 10.7 Å². The SMILES string of the molecule is CC(=O)Oc1cc(C(=O)NC(C(=O)N[C@@H]2C(=O)N3C(C(=O)O)=C(CSc4nnnn4C)CS[C@H]23)c2csc(N)n2)cc(OC(C)=O)c1OC(C)=O. The number of hydrogen-bond donors (Lipinski definition) is 4. The Balaban J connectivity index is 1.39. The number of carboxylic acid groups (broad SMARTS) is 1. The lowest BCUT2D eigenvalue weighted by molar-refractivity contribution is -0.151. The zero-order valence-corrected chi connectivity index (χ0v) is 29.3. The second-order valence-electron chi connectivity index (χ2n) is 10.6. The molecule has 0 radical (unpaired) electrons. The number of nitrogens with one attached hydrogen (secondary N) is 2. The number of aromatic nitrogens is 5. The van der Waals surface area contributed by atoms with Gasteiger partial charge in [-0.2, -0.15) is 0 Å². The third-order valence-corrected chi connectivity index (χ3v) is 10.0. The summed E-state index contributed by atoms with van der Waals surface area (Å²) in [5, 5.41) is 27.4. The number of ether oxygens (including phenoxy) is 3. The van der Waals surface area contributed by atoms with E-state index in [0.717, 1.165) is 49.1 Å². The van der Waals surface area contributed by atoms with Crippen LogP contribution in [-0.2, 0) is 35.8 Å². The molecule has 3 aromatic rings. The van der Waals surface area contributed by atoms with Crippen LogP contribution in [0.25, 0.3) is 0 Å². The zero-order chi connectivity index (χ0) is 37.1. The molecule has 20 nitrogen and oxygen atoms in total. The Morgan fingerprint density at radius 3 is 2.25 bits per heavy atom. The number of thiazole rings is 1. The molecule has 0 spiro atoms. The second-order valence-corrected chi connectivity index (χ2v) is 13.6. The Kier molecular flexibility index (Phi) is 10.9. The van der Waals surface area contributed by atoms with Crippen molar-refractivity contribution in [3.05, 3.63) is 40.0 Å². The van der Waals surface area contributed by atoms with Gasteiger partial charge in [0.15, 0.2) is 22.7 Å². The smallest absolute Gasteiger partial charge is 0.352 e. The lowest BCUT2D eigenvalue weighted by atomic mass is 10.0. The van der Waals surface area contributed by atoms with Crippen LogP contribution < -0.4 is 30.6 Å². The van der Waals surface area contributed by atoms with E-state index >= 15 is 0 Å². The Bertz CT molecular complexity index is 1960. The van der Waals surface area contributed by atoms with E-state index in [1.807, 2.05) is 0 Å². The van der Waals surface area contributed by atoms with Gasteiger partial charge in [-0.3, -0.25) is 33.7 Å². The summed E-state index contributed by atoms with van der Waals surface area (Å²) >= 11 is 3.40. The third kappa shape index (κ3) is 8.10. The van der Waals surface area contributed by atoms with Crippen LogP contribution in [0.2, 0.25) is 0 Å². The number of β-lactam (4-membered cyclic amide) rings is 1. The number of carboxylic acids is 1. The van der Waals surface area contributed by atoms with Crippen molar-refractivity contribution in [1.29, 1.82) is 0 Å². The summed E-state index contributed by atoms with van der Waals surface area (Å²) in [4.78, 5) is 93.7. The van der Waals surface area contributed by atoms with Crippen molar-refractivity contribution in [3.63, 3.8) is 0 Å². The summed E-state index contributed by atoms with van der Waals surface area (Å²) in [5.41, 5.74) is 5.75. The van der Waals surface area contributed by atoms with Crippen molar-refractivity contribution in [2.24, 2.45) is 7.05 Å². The van der Waals surface area contributed by atoms with Gasteiger partial charge in [-0.1, -0.05) is 11.8 Å². The summed E-state index contributed by atoms with van der Waals surface area (Å²) in [5.74, 6) is -7.37. The van der Waals surface area contributed by atoms with E-state index in [2.05, 4.69) is 31.1 Å². The molecule has 2 aliphatic rings. The Morgan fingerprint density at radius 1 is 1.08 bits per heavy atom. The minimum Gasteiger partial charge on any atom is -0.477 e. The fourth-order valence-electron chi connectivity index (χ4n) is 4.86. The van der Waals surface area contributed by atoms with Crippen LogP contribution in [0.3, 0.4) is 0 Å². The molecule has 51 heavy (non-hydrogen) atoms. The lowest BCUT2D eigenvalue weighted by Gasteiger charge is -2.49. The van der Waals surface area contributed by atoms with Crippen molar-refractivity contribution in [1.82, 2.24) is 40.7 Å². The first-order valence-corrected chi connectivity index (χ1v) is 17.4. The molecule has 5 rings (SSSR count). The predicted molar refractivity (Wildman–Crippen MR) is 176 cm³/mol. The molecule has 0 saturated carbocycles. The van der Waals surface area contributed by atoms with E-state index in [1.54, 1.807) is 7.05 Å². The molecule has 3 atom stereocenters. The maximum absolute atomic E-state index is 13.8. The highest BCUT2D eigenvalue weighted by Gasteiger charge is 2.54. The summed E-state index contributed by atoms with van der Waals surface area (Å²) in [6.45, 7) is 3.14. The molecule has 23 heteroatoms. The number of tetrazole rings is 1. The van der Waals surface area contributed by atoms with E-state index in [1.165, 1.54) is 33.6 Å². The number of nitrogens with zero attached hydrogens (tertiary/aromatic N) is 6. The average molecular weight is 762 g/mol. The van der Waals surface area contributed by atoms with Crippen LogP contribution in [0.1, 0.15) is 42.9 Å². The average Bonchev–Trinajstić information content (AvgIpc) is 3.68. The number of nitrogens with two attached hydrogens (primary N) is 1. The number of aliphatic carboxylic acids is 1. The first-order chi connectivity index (χ1) is 24.1. The Labute approximate surface area is 299 Å². The van der Waals surface area contributed by atoms with Gasteiger partial charge in [-0.05, 0) is 28.1 Å². The van der Waals surface area contributed by atoms with E-state index < -0.39 is 76.3 Å². The van der Waals surface area contributed by atoms with E-state index in [-0.39, 0.29) is 33.6 Å². The highest BCUT2D eigenvalue weighted by molar-refractivity contribution is 8.01. The molecular weight excluding hydrogens is 735 g/mol. The topological polar surface area (TPSA) is 277 Å². The number of nitrogen functional groups attached to an aromatic ring is 1. The van der Waals surface area contributed by atoms with Gasteiger partial charge in [-0.15, -0.1) is 28.2 Å². The molecule has 0 aliphatic carbocycles. The number of fused-ring (bicyclic) bond motifs is 1. The number of anilines is 1. The van der Waals surface area contributed by atoms with Crippen LogP contribution in [0, 0.1) is 0 Å². The molecule has 5 N–H and O–H groups in total. The molecule has 0 bridgehead atoms. The van der Waals surface area contributed by atoms with Gasteiger partial charge in [0.1, 0.15) is 17.1 Å². The first-order valence-electron chi connectivity index (χ1n) is 14.4. The molecular formula is C28H27N9O11S3. The van der Waals surface area contributed by atoms with Crippen LogP contribution >= 0.6 is 34.9 Å². The lowest BCUT2D eigenvalue weighted by Crippen LogP contribution is -2.71. The van der Waals surface area contributed by atoms with Gasteiger partial charge in [0.2, 0.25) is 16.8 Å². The van der Waals surface area contributed by atoms with Crippen molar-refractivity contribution in [3.8, 4) is 17.2 Å². The number of amides is 3. The summed E-state index contributed by atoms with van der Waals surface area (Å²) in [6.07, 6.45) is 0. The molecule has 3 amide bonds. The number of hydrogen-bond acceptors (Lipinski definition) is 18. The van der Waals surface area contributed by atoms with Crippen LogP contribution in [0.15, 0.2) is 33.9 Å². The summed E-state index contributed by atoms with van der Waals surface area (Å²) in [7, 11) is 1.63. The summed E-state index contributed by atoms with van der Waals surface area (Å²) < 4.78 is 16.7. The zero-order valence-electron chi connectivity index (χ0n) is 26.9. The molecule has 268 valence electrons. The normalized spacial score (nSPS) is 17.1. The number of thioether (sulfide) groups is 2. The third-order valence-electron chi connectivity index (χ3n) is 6.91. The second kappa shape index (κ2) is 15.1. The summed E-state index contributed by atoms with van der Waals surface area (Å²) in [6, 6.07) is -0.673. The minimum atomic E-state index is -1.55. The van der Waals surface area contributed by atoms with Crippen LogP contribution in [-0.4, -0.2) is 99.7 Å². The molecule has 1 saturated heterocycles. The van der Waals surface area contributed by atoms with Gasteiger partial charge in [0, 0.05) is 50.3 Å². The highest BCUT2D eigenvalue weighted by Crippen LogP contribution is 2.42. The molecule has 1 unspecified atom stereocenters. The molecule has 4 heterocycles. The minimum absolute atomic E-state index is 0.00363. The van der Waals surface area contributed by atoms with Gasteiger partial charge >= 0.3 is 23.9 Å². The number of benzene rings is 1. The number of aryl methyl sites for hydroxylation is 1. The number of carbonyl (C=O) groups is 7. The molecule has 2 aromatic heterocycles. The van der Waals surface area contributed by atoms with Crippen molar-refractivity contribution < 1.29 is 52.9 Å². The predicted octanol–water partition coefficient (Wildman–Crippen LogP) is 0.0267. The van der Waals surface area contributed by atoms with Crippen LogP contribution in [0.4, 0.5) is 5.13 Å². The van der Waals surface area contributed by atoms with E-state index in [4.69, 9.17) is 19.9 Å². The largest absolute Gasteiger partial charge is 0.477 e. The van der Waals surface area contributed by atoms with Crippen molar-refractivity contribution >= 4 is 81.6 Å². The first kappa shape index (κ1) is 36.7. The fourth-order valence-corrected chi connectivity index (χ4v) is 7.78. The van der Waals surface area contributed by atoms with Gasteiger partial charge in [0.05, 0.1) is 5.69 Å². The fraction of sp³-hybridized carbons (Fsp3) is 0.321. The van der Waals surface area contributed by atoms with Gasteiger partial charge < -0.3 is 35.7 Å². The standard InChI is InChI=1S/C28H27N9O11S3/c1-10(38)46-16-5-13(6-17(47-11(2)39)21(16)48-12(3)40)22(41)31-18(15-9-50-27(29)30-15)23(42)32-19-24(43)37-20(26(44)45)14(7-49-25(19)37)8-51-28-33-34-35-36(28)4/h5-6,9,18-19,25H,7-8H2,1-4H3,(H2,29,30)(H,31,41)(H,32,42)(H,44,45)/t18?,19-,25-/m1/s1. The molecule has 1 fully saturated rings. The maximum Gasteiger partial charge on any atom is 0.352 e. The number of rotatable bonds is 12. The van der Waals surface area contributed by atoms with E-state index in [9.17, 15) is 38.7 Å². The maximum atomic E-state index is 13.8. The highest BCUT2D eigenvalue weighted by atomic mass is 32.2. The van der Waals surface area contributed by atoms with Crippen LogP contribution in [0.5, 0.6) is 17.2 Å². The van der Waals surface area contributed by atoms with Crippen molar-refractivity contribution in [2.45, 2.75) is 43.4 Å². The van der Waals surface area contributed by atoms with Gasteiger partial charge in [0.25, 0.3) is 11.8 Å². The number of esters is 3. The Hall–Kier alpha value is -5.55.